The molecule has 2 aromatic rings. The third-order valence-electron chi connectivity index (χ3n) is 4.53. The van der Waals surface area contributed by atoms with Gasteiger partial charge in [-0.25, -0.2) is 0 Å². The van der Waals surface area contributed by atoms with Crippen LogP contribution in [0.5, 0.6) is 5.75 Å². The number of nitrogens with zero attached hydrogens (tertiary/aromatic N) is 1. The summed E-state index contributed by atoms with van der Waals surface area (Å²) in [7, 11) is 3.24. The summed E-state index contributed by atoms with van der Waals surface area (Å²) < 4.78 is 5.20. The van der Waals surface area contributed by atoms with Crippen LogP contribution in [0.4, 0.5) is 0 Å². The number of methoxy groups -OCH3 is 1. The molecule has 0 atom stereocenters. The van der Waals surface area contributed by atoms with E-state index in [4.69, 9.17) is 4.74 Å². The minimum atomic E-state index is -0.504. The summed E-state index contributed by atoms with van der Waals surface area (Å²) >= 11 is 0. The van der Waals surface area contributed by atoms with Crippen molar-refractivity contribution >= 4 is 11.8 Å². The Kier molecular flexibility index (Phi) is 5.59. The molecular formula is C20H23N3O4. The highest BCUT2D eigenvalue weighted by molar-refractivity contribution is 5.99. The molecule has 2 amide bonds. The summed E-state index contributed by atoms with van der Waals surface area (Å²) in [6.45, 7) is 0.434. The number of hydrogen-bond acceptors (Lipinski definition) is 4. The molecule has 0 spiro atoms. The number of rotatable bonds is 7. The van der Waals surface area contributed by atoms with Crippen LogP contribution in [0.3, 0.4) is 0 Å². The number of carbonyl (C=O) groups excluding carboxylic acids is 2. The minimum Gasteiger partial charge on any atom is -0.497 e. The van der Waals surface area contributed by atoms with Gasteiger partial charge in [0.2, 0.25) is 0 Å². The molecule has 0 bridgehead atoms. The summed E-state index contributed by atoms with van der Waals surface area (Å²) in [6.07, 6.45) is 3.90. The van der Waals surface area contributed by atoms with Crippen molar-refractivity contribution < 1.29 is 14.3 Å². The molecule has 142 valence electrons. The maximum Gasteiger partial charge on any atom is 0.260 e. The number of ether oxygens (including phenoxy) is 1. The number of benzene rings is 1. The van der Waals surface area contributed by atoms with E-state index in [1.54, 1.807) is 14.2 Å². The molecule has 27 heavy (non-hydrogen) atoms. The Morgan fingerprint density at radius 2 is 2.07 bits per heavy atom. The molecule has 1 fully saturated rings. The van der Waals surface area contributed by atoms with E-state index in [9.17, 15) is 14.4 Å². The molecule has 7 nitrogen and oxygen atoms in total. The summed E-state index contributed by atoms with van der Waals surface area (Å²) in [5.41, 5.74) is 0.773. The lowest BCUT2D eigenvalue weighted by molar-refractivity contribution is 0.0795. The third-order valence-corrected chi connectivity index (χ3v) is 4.53. The van der Waals surface area contributed by atoms with E-state index < -0.39 is 11.5 Å². The van der Waals surface area contributed by atoms with Gasteiger partial charge in [0, 0.05) is 25.8 Å². The van der Waals surface area contributed by atoms with E-state index in [-0.39, 0.29) is 23.1 Å². The number of hydrogen-bond donors (Lipinski definition) is 2. The Morgan fingerprint density at radius 1 is 1.30 bits per heavy atom. The molecule has 2 N–H and O–H groups in total. The smallest absolute Gasteiger partial charge is 0.260 e. The molecule has 1 aliphatic carbocycles. The molecule has 3 rings (SSSR count). The Morgan fingerprint density at radius 3 is 2.78 bits per heavy atom. The number of aromatic amines is 1. The van der Waals surface area contributed by atoms with Crippen LogP contribution in [0.15, 0.2) is 41.3 Å². The summed E-state index contributed by atoms with van der Waals surface area (Å²) in [5.74, 6) is 0.0642. The van der Waals surface area contributed by atoms with Gasteiger partial charge in [0.1, 0.15) is 11.3 Å². The summed E-state index contributed by atoms with van der Waals surface area (Å²) in [5, 5.41) is 2.84. The Labute approximate surface area is 157 Å². The highest BCUT2D eigenvalue weighted by Crippen LogP contribution is 2.19. The molecule has 1 aromatic carbocycles. The van der Waals surface area contributed by atoms with Crippen molar-refractivity contribution in [3.8, 4) is 5.75 Å². The first-order valence-electron chi connectivity index (χ1n) is 8.90. The van der Waals surface area contributed by atoms with Gasteiger partial charge in [0.15, 0.2) is 0 Å². The van der Waals surface area contributed by atoms with Crippen LogP contribution < -0.4 is 15.6 Å². The highest BCUT2D eigenvalue weighted by Gasteiger charge is 2.25. The fourth-order valence-corrected chi connectivity index (χ4v) is 2.70. The quantitative estimate of drug-likeness (QED) is 0.775. The van der Waals surface area contributed by atoms with Gasteiger partial charge in [-0.2, -0.15) is 0 Å². The predicted octanol–water partition coefficient (Wildman–Crippen LogP) is 1.59. The molecule has 1 saturated carbocycles. The second-order valence-electron chi connectivity index (χ2n) is 6.71. The number of nitrogens with one attached hydrogen (secondary N) is 2. The van der Waals surface area contributed by atoms with Gasteiger partial charge in [-0.05, 0) is 43.0 Å². The zero-order chi connectivity index (χ0) is 19.4. The van der Waals surface area contributed by atoms with Crippen LogP contribution in [-0.2, 0) is 6.42 Å². The van der Waals surface area contributed by atoms with Crippen molar-refractivity contribution in [1.29, 1.82) is 0 Å². The number of aromatic nitrogens is 1. The number of H-pyrrole nitrogens is 1. The monoisotopic (exact) mass is 369 g/mol. The third kappa shape index (κ3) is 4.75. The summed E-state index contributed by atoms with van der Waals surface area (Å²) in [6, 6.07) is 9.18. The normalized spacial score (nSPS) is 13.1. The molecule has 7 heteroatoms. The van der Waals surface area contributed by atoms with E-state index in [0.717, 1.165) is 24.2 Å². The van der Waals surface area contributed by atoms with Gasteiger partial charge in [0.05, 0.1) is 12.7 Å². The molecule has 0 unspecified atom stereocenters. The van der Waals surface area contributed by atoms with E-state index in [1.165, 1.54) is 17.2 Å². The number of likely N-dealkylation sites (N-methyl/N-ethyl adjacent to an activating group) is 1. The first-order chi connectivity index (χ1) is 13.0. The Balaban J connectivity index is 1.68. The van der Waals surface area contributed by atoms with Gasteiger partial charge >= 0.3 is 0 Å². The lowest BCUT2D eigenvalue weighted by Crippen LogP contribution is -2.34. The predicted molar refractivity (Wildman–Crippen MR) is 101 cm³/mol. The van der Waals surface area contributed by atoms with Gasteiger partial charge in [0.25, 0.3) is 17.4 Å². The Hall–Kier alpha value is -3.09. The fourth-order valence-electron chi connectivity index (χ4n) is 2.70. The van der Waals surface area contributed by atoms with Gasteiger partial charge in [-0.1, -0.05) is 12.1 Å². The van der Waals surface area contributed by atoms with Gasteiger partial charge < -0.3 is 19.9 Å². The second-order valence-corrected chi connectivity index (χ2v) is 6.71. The van der Waals surface area contributed by atoms with E-state index >= 15 is 0 Å². The minimum absolute atomic E-state index is 0.0356. The first kappa shape index (κ1) is 18.7. The number of amides is 2. The average molecular weight is 369 g/mol. The number of carbonyl (C=O) groups is 2. The van der Waals surface area contributed by atoms with Crippen LogP contribution >= 0.6 is 0 Å². The second kappa shape index (κ2) is 8.07. The topological polar surface area (TPSA) is 91.5 Å². The van der Waals surface area contributed by atoms with Crippen LogP contribution in [-0.4, -0.2) is 48.4 Å². The molecule has 0 radical (unpaired) electrons. The molecule has 0 saturated heterocycles. The van der Waals surface area contributed by atoms with Crippen molar-refractivity contribution in [2.24, 2.45) is 0 Å². The molecule has 1 aromatic heterocycles. The lowest BCUT2D eigenvalue weighted by atomic mass is 10.1. The van der Waals surface area contributed by atoms with Crippen molar-refractivity contribution in [2.45, 2.75) is 25.3 Å². The molecular weight excluding hydrogens is 346 g/mol. The van der Waals surface area contributed by atoms with Crippen molar-refractivity contribution in [3.05, 3.63) is 63.6 Å². The van der Waals surface area contributed by atoms with Gasteiger partial charge in [-0.3, -0.25) is 14.4 Å². The van der Waals surface area contributed by atoms with E-state index in [2.05, 4.69) is 10.3 Å². The standard InChI is InChI=1S/C20H23N3O4/c1-23(9-8-13-4-3-5-16(10-13)27-2)20(26)17-11-14(12-21-19(17)25)18(24)22-15-6-7-15/h3-5,10-12,15H,6-9H2,1-2H3,(H,21,25)(H,22,24). The van der Waals surface area contributed by atoms with E-state index in [1.807, 2.05) is 24.3 Å². The average Bonchev–Trinajstić information content (AvgIpc) is 3.50. The maximum absolute atomic E-state index is 12.7. The van der Waals surface area contributed by atoms with Gasteiger partial charge in [-0.15, -0.1) is 0 Å². The van der Waals surface area contributed by atoms with Crippen LogP contribution in [0.1, 0.15) is 39.1 Å². The molecule has 0 aliphatic heterocycles. The van der Waals surface area contributed by atoms with Crippen molar-refractivity contribution in [3.63, 3.8) is 0 Å². The maximum atomic E-state index is 12.7. The van der Waals surface area contributed by atoms with Crippen molar-refractivity contribution in [2.75, 3.05) is 20.7 Å². The Bertz CT molecular complexity index is 902. The summed E-state index contributed by atoms with van der Waals surface area (Å²) in [4.78, 5) is 40.9. The van der Waals surface area contributed by atoms with Crippen LogP contribution in [0.2, 0.25) is 0 Å². The van der Waals surface area contributed by atoms with Crippen LogP contribution in [0, 0.1) is 0 Å². The highest BCUT2D eigenvalue weighted by atomic mass is 16.5. The van der Waals surface area contributed by atoms with Crippen LogP contribution in [0.25, 0.3) is 0 Å². The molecule has 1 heterocycles. The largest absolute Gasteiger partial charge is 0.497 e. The first-order valence-corrected chi connectivity index (χ1v) is 8.90. The SMILES string of the molecule is COc1cccc(CCN(C)C(=O)c2cc(C(=O)NC3CC3)c[nH]c2=O)c1. The fraction of sp³-hybridized carbons (Fsp3) is 0.350. The number of pyridine rings is 1. The van der Waals surface area contributed by atoms with E-state index in [0.29, 0.717) is 13.0 Å². The van der Waals surface area contributed by atoms with Crippen molar-refractivity contribution in [1.82, 2.24) is 15.2 Å². The zero-order valence-electron chi connectivity index (χ0n) is 15.5. The molecule has 1 aliphatic rings. The zero-order valence-corrected chi connectivity index (χ0v) is 15.5. The lowest BCUT2D eigenvalue weighted by Gasteiger charge is -2.17.